The summed E-state index contributed by atoms with van der Waals surface area (Å²) in [6, 6.07) is 4.30. The van der Waals surface area contributed by atoms with Crippen LogP contribution in [0.15, 0.2) is 23.1 Å². The van der Waals surface area contributed by atoms with Gasteiger partial charge in [-0.1, -0.05) is 0 Å². The summed E-state index contributed by atoms with van der Waals surface area (Å²) in [6.45, 7) is 2.15. The fourth-order valence-electron chi connectivity index (χ4n) is 1.09. The molecule has 0 aliphatic carbocycles. The van der Waals surface area contributed by atoms with Gasteiger partial charge >= 0.3 is 5.51 Å². The van der Waals surface area contributed by atoms with Crippen molar-refractivity contribution in [1.82, 2.24) is 0 Å². The number of nitrogens with one attached hydrogen (secondary N) is 1. The molecule has 0 amide bonds. The van der Waals surface area contributed by atoms with Crippen LogP contribution in [0.5, 0.6) is 5.75 Å². The zero-order valence-corrected chi connectivity index (χ0v) is 9.28. The standard InChI is InChI=1S/C9H11F3N2OS/c1-2-15-6-3-4-7(14-13)8(5-6)16-9(10,11)12/h3-5,14H,2,13H2,1H3. The van der Waals surface area contributed by atoms with E-state index in [0.717, 1.165) is 0 Å². The number of nitrogen functional groups attached to an aromatic ring is 1. The second-order valence-corrected chi connectivity index (χ2v) is 3.89. The number of nitrogens with two attached hydrogens (primary N) is 1. The first-order chi connectivity index (χ1) is 7.46. The topological polar surface area (TPSA) is 47.3 Å². The van der Waals surface area contributed by atoms with E-state index >= 15 is 0 Å². The molecule has 7 heteroatoms. The lowest BCUT2D eigenvalue weighted by Crippen LogP contribution is -2.09. The van der Waals surface area contributed by atoms with Crippen molar-refractivity contribution in [1.29, 1.82) is 0 Å². The van der Waals surface area contributed by atoms with Gasteiger partial charge in [0.25, 0.3) is 0 Å². The fraction of sp³-hybridized carbons (Fsp3) is 0.333. The lowest BCUT2D eigenvalue weighted by Gasteiger charge is -2.12. The highest BCUT2D eigenvalue weighted by atomic mass is 32.2. The number of anilines is 1. The molecule has 3 nitrogen and oxygen atoms in total. The van der Waals surface area contributed by atoms with Crippen molar-refractivity contribution in [3.63, 3.8) is 0 Å². The maximum Gasteiger partial charge on any atom is 0.446 e. The Morgan fingerprint density at radius 2 is 2.12 bits per heavy atom. The van der Waals surface area contributed by atoms with Gasteiger partial charge in [0.05, 0.1) is 12.3 Å². The summed E-state index contributed by atoms with van der Waals surface area (Å²) in [5.74, 6) is 5.50. The van der Waals surface area contributed by atoms with Gasteiger partial charge in [0.2, 0.25) is 0 Å². The number of halogens is 3. The molecule has 1 aromatic carbocycles. The van der Waals surface area contributed by atoms with Crippen molar-refractivity contribution in [2.45, 2.75) is 17.3 Å². The molecule has 0 spiro atoms. The van der Waals surface area contributed by atoms with E-state index in [0.29, 0.717) is 12.4 Å². The maximum atomic E-state index is 12.2. The van der Waals surface area contributed by atoms with Crippen LogP contribution in [-0.2, 0) is 0 Å². The van der Waals surface area contributed by atoms with Crippen molar-refractivity contribution < 1.29 is 17.9 Å². The summed E-state index contributed by atoms with van der Waals surface area (Å²) in [5, 5.41) is 0. The molecular formula is C9H11F3N2OS. The number of ether oxygens (including phenoxy) is 1. The second kappa shape index (κ2) is 5.31. The zero-order valence-electron chi connectivity index (χ0n) is 8.47. The molecule has 0 saturated carbocycles. The van der Waals surface area contributed by atoms with Crippen molar-refractivity contribution in [3.05, 3.63) is 18.2 Å². The van der Waals surface area contributed by atoms with Crippen LogP contribution >= 0.6 is 11.8 Å². The van der Waals surface area contributed by atoms with E-state index in [9.17, 15) is 13.2 Å². The van der Waals surface area contributed by atoms with E-state index in [4.69, 9.17) is 10.6 Å². The lowest BCUT2D eigenvalue weighted by molar-refractivity contribution is -0.0327. The minimum absolute atomic E-state index is 0.0130. The van der Waals surface area contributed by atoms with Crippen LogP contribution < -0.4 is 16.0 Å². The van der Waals surface area contributed by atoms with Crippen LogP contribution in [-0.4, -0.2) is 12.1 Å². The number of alkyl halides is 3. The molecule has 90 valence electrons. The molecule has 0 unspecified atom stereocenters. The van der Waals surface area contributed by atoms with E-state index in [1.807, 2.05) is 0 Å². The maximum absolute atomic E-state index is 12.2. The van der Waals surface area contributed by atoms with E-state index < -0.39 is 5.51 Å². The molecule has 3 N–H and O–H groups in total. The smallest absolute Gasteiger partial charge is 0.446 e. The molecule has 0 heterocycles. The van der Waals surface area contributed by atoms with Crippen molar-refractivity contribution in [2.24, 2.45) is 5.84 Å². The number of thioether (sulfide) groups is 1. The summed E-state index contributed by atoms with van der Waals surface area (Å²) in [7, 11) is 0. The van der Waals surface area contributed by atoms with Gasteiger partial charge in [-0.3, -0.25) is 5.84 Å². The number of hydrazine groups is 1. The summed E-state index contributed by atoms with van der Waals surface area (Å²) in [4.78, 5) is -0.0130. The minimum atomic E-state index is -4.35. The molecule has 0 bridgehead atoms. The van der Waals surface area contributed by atoms with Crippen LogP contribution in [0.2, 0.25) is 0 Å². The fourth-order valence-corrected chi connectivity index (χ4v) is 1.75. The third-order valence-corrected chi connectivity index (χ3v) is 2.43. The predicted molar refractivity (Wildman–Crippen MR) is 57.3 cm³/mol. The van der Waals surface area contributed by atoms with Crippen molar-refractivity contribution >= 4 is 17.4 Å². The molecule has 0 radical (unpaired) electrons. The molecular weight excluding hydrogens is 241 g/mol. The molecule has 0 fully saturated rings. The average Bonchev–Trinajstić information content (AvgIpc) is 2.16. The number of rotatable bonds is 4. The van der Waals surface area contributed by atoms with Crippen LogP contribution in [0.3, 0.4) is 0 Å². The molecule has 1 aromatic rings. The van der Waals surface area contributed by atoms with E-state index in [1.54, 1.807) is 13.0 Å². The molecule has 0 aromatic heterocycles. The Hall–Kier alpha value is -1.08. The van der Waals surface area contributed by atoms with Gasteiger partial charge in [-0.2, -0.15) is 13.2 Å². The number of hydrogen-bond donors (Lipinski definition) is 2. The first kappa shape index (κ1) is 13.0. The number of benzene rings is 1. The van der Waals surface area contributed by atoms with Gasteiger partial charge in [-0.25, -0.2) is 0 Å². The van der Waals surface area contributed by atoms with Gasteiger partial charge in [-0.05, 0) is 36.9 Å². The van der Waals surface area contributed by atoms with Gasteiger partial charge in [-0.15, -0.1) is 0 Å². The third kappa shape index (κ3) is 3.82. The van der Waals surface area contributed by atoms with E-state index in [2.05, 4.69) is 5.43 Å². The Morgan fingerprint density at radius 1 is 1.44 bits per heavy atom. The first-order valence-electron chi connectivity index (χ1n) is 4.45. The molecule has 0 aliphatic heterocycles. The monoisotopic (exact) mass is 252 g/mol. The largest absolute Gasteiger partial charge is 0.494 e. The Morgan fingerprint density at radius 3 is 2.62 bits per heavy atom. The first-order valence-corrected chi connectivity index (χ1v) is 5.27. The van der Waals surface area contributed by atoms with Crippen LogP contribution in [0.25, 0.3) is 0 Å². The predicted octanol–water partition coefficient (Wildman–Crippen LogP) is 2.98. The summed E-state index contributed by atoms with van der Waals surface area (Å²) in [5.41, 5.74) is -1.93. The molecule has 0 saturated heterocycles. The normalized spacial score (nSPS) is 11.3. The van der Waals surface area contributed by atoms with Gasteiger partial charge in [0.15, 0.2) is 0 Å². The van der Waals surface area contributed by atoms with Crippen molar-refractivity contribution in [2.75, 3.05) is 12.0 Å². The summed E-state index contributed by atoms with van der Waals surface area (Å²) < 4.78 is 41.8. The third-order valence-electron chi connectivity index (χ3n) is 1.65. The second-order valence-electron chi connectivity index (χ2n) is 2.78. The molecule has 0 aliphatic rings. The Balaban J connectivity index is 2.97. The minimum Gasteiger partial charge on any atom is -0.494 e. The van der Waals surface area contributed by atoms with Gasteiger partial charge in [0.1, 0.15) is 5.75 Å². The van der Waals surface area contributed by atoms with Gasteiger partial charge < -0.3 is 10.2 Å². The highest BCUT2D eigenvalue weighted by Gasteiger charge is 2.30. The Kier molecular flexibility index (Phi) is 4.31. The van der Waals surface area contributed by atoms with E-state index in [1.165, 1.54) is 12.1 Å². The van der Waals surface area contributed by atoms with Gasteiger partial charge in [0, 0.05) is 4.90 Å². The van der Waals surface area contributed by atoms with E-state index in [-0.39, 0.29) is 22.3 Å². The summed E-state index contributed by atoms with van der Waals surface area (Å²) >= 11 is -0.231. The summed E-state index contributed by atoms with van der Waals surface area (Å²) in [6.07, 6.45) is 0. The quantitative estimate of drug-likeness (QED) is 0.491. The average molecular weight is 252 g/mol. The number of hydrogen-bond acceptors (Lipinski definition) is 4. The zero-order chi connectivity index (χ0) is 12.2. The van der Waals surface area contributed by atoms with Crippen LogP contribution in [0, 0.1) is 0 Å². The lowest BCUT2D eigenvalue weighted by atomic mass is 10.3. The van der Waals surface area contributed by atoms with Crippen LogP contribution in [0.1, 0.15) is 6.92 Å². The Labute approximate surface area is 95.1 Å². The molecule has 1 rings (SSSR count). The highest BCUT2D eigenvalue weighted by molar-refractivity contribution is 8.00. The molecule has 16 heavy (non-hydrogen) atoms. The SMILES string of the molecule is CCOc1ccc(NN)c(SC(F)(F)F)c1. The Bertz CT molecular complexity index is 357. The molecule has 0 atom stereocenters. The van der Waals surface area contributed by atoms with Crippen LogP contribution in [0.4, 0.5) is 18.9 Å². The highest BCUT2D eigenvalue weighted by Crippen LogP contribution is 2.41. The van der Waals surface area contributed by atoms with Crippen molar-refractivity contribution in [3.8, 4) is 5.75 Å².